The van der Waals surface area contributed by atoms with Gasteiger partial charge in [0.15, 0.2) is 11.6 Å². The standard InChI is InChI=1S/C23H25N5O3/c1-15(16-5-3-2-4-6-16)31-19-11-17(13-25-21(19)24)18-12-20-23(8-10-28(20)26-18)7-9-27(14-23)22(29)30/h2-6,11-13,15H,7-10,14H2,1H3,(H2,24,25)(H,29,30)/t15?,23-/m1/s1. The Morgan fingerprint density at radius 1 is 1.23 bits per heavy atom. The molecule has 1 saturated heterocycles. The first-order valence-electron chi connectivity index (χ1n) is 10.5. The Morgan fingerprint density at radius 2 is 2.00 bits per heavy atom. The molecular formula is C23H25N5O3. The number of nitrogen functional groups attached to an aromatic ring is 1. The maximum atomic E-state index is 11.4. The highest BCUT2D eigenvalue weighted by Gasteiger charge is 2.47. The molecule has 1 unspecified atom stereocenters. The third kappa shape index (κ3) is 3.37. The van der Waals surface area contributed by atoms with Gasteiger partial charge in [0.25, 0.3) is 0 Å². The minimum Gasteiger partial charge on any atom is -0.482 e. The molecule has 0 aliphatic carbocycles. The van der Waals surface area contributed by atoms with Crippen molar-refractivity contribution < 1.29 is 14.6 Å². The lowest BCUT2D eigenvalue weighted by Crippen LogP contribution is -2.32. The van der Waals surface area contributed by atoms with Crippen LogP contribution in [0, 0.1) is 0 Å². The summed E-state index contributed by atoms with van der Waals surface area (Å²) >= 11 is 0. The molecule has 31 heavy (non-hydrogen) atoms. The summed E-state index contributed by atoms with van der Waals surface area (Å²) in [5.41, 5.74) is 9.72. The number of ether oxygens (including phenoxy) is 1. The van der Waals surface area contributed by atoms with Crippen LogP contribution in [0.4, 0.5) is 10.6 Å². The molecule has 4 heterocycles. The van der Waals surface area contributed by atoms with Crippen molar-refractivity contribution in [3.05, 3.63) is 59.9 Å². The van der Waals surface area contributed by atoms with Gasteiger partial charge in [0.1, 0.15) is 6.10 Å². The van der Waals surface area contributed by atoms with E-state index in [-0.39, 0.29) is 11.5 Å². The minimum atomic E-state index is -0.855. The fraction of sp³-hybridized carbons (Fsp3) is 0.348. The van der Waals surface area contributed by atoms with Crippen LogP contribution in [0.15, 0.2) is 48.7 Å². The molecular weight excluding hydrogens is 394 g/mol. The number of benzene rings is 1. The van der Waals surface area contributed by atoms with Crippen LogP contribution in [0.3, 0.4) is 0 Å². The van der Waals surface area contributed by atoms with E-state index in [1.54, 1.807) is 6.20 Å². The molecule has 160 valence electrons. The van der Waals surface area contributed by atoms with Gasteiger partial charge in [0.2, 0.25) is 0 Å². The highest BCUT2D eigenvalue weighted by molar-refractivity contribution is 5.67. The SMILES string of the molecule is CC(Oc1cc(-c2cc3n(n2)CC[C@@]32CCN(C(=O)O)C2)cnc1N)c1ccccc1. The van der Waals surface area contributed by atoms with Crippen molar-refractivity contribution in [3.63, 3.8) is 0 Å². The molecule has 2 aliphatic heterocycles. The Bertz CT molecular complexity index is 1130. The number of nitrogens with zero attached hydrogens (tertiary/aromatic N) is 4. The van der Waals surface area contributed by atoms with Gasteiger partial charge < -0.3 is 20.5 Å². The molecule has 3 aromatic rings. The van der Waals surface area contributed by atoms with Crippen LogP contribution in [0.2, 0.25) is 0 Å². The number of fused-ring (bicyclic) bond motifs is 2. The van der Waals surface area contributed by atoms with Crippen molar-refractivity contribution in [2.75, 3.05) is 18.8 Å². The zero-order valence-electron chi connectivity index (χ0n) is 17.4. The summed E-state index contributed by atoms with van der Waals surface area (Å²) in [7, 11) is 0. The lowest BCUT2D eigenvalue weighted by atomic mass is 9.82. The molecule has 8 heteroatoms. The highest BCUT2D eigenvalue weighted by atomic mass is 16.5. The third-order valence-corrected chi connectivity index (χ3v) is 6.50. The van der Waals surface area contributed by atoms with Gasteiger partial charge in [-0.05, 0) is 37.5 Å². The topological polar surface area (TPSA) is 106 Å². The highest BCUT2D eigenvalue weighted by Crippen LogP contribution is 2.44. The summed E-state index contributed by atoms with van der Waals surface area (Å²) in [6.07, 6.45) is 2.43. The number of amides is 1. The molecule has 1 amide bonds. The Kier molecular flexibility index (Phi) is 4.57. The summed E-state index contributed by atoms with van der Waals surface area (Å²) in [6.45, 7) is 3.86. The molecule has 2 aliphatic rings. The zero-order valence-corrected chi connectivity index (χ0v) is 17.4. The van der Waals surface area contributed by atoms with E-state index in [1.807, 2.05) is 48.0 Å². The number of pyridine rings is 1. The first-order valence-corrected chi connectivity index (χ1v) is 10.5. The van der Waals surface area contributed by atoms with E-state index in [0.29, 0.717) is 24.7 Å². The van der Waals surface area contributed by atoms with Gasteiger partial charge in [-0.3, -0.25) is 4.68 Å². The molecule has 5 rings (SSSR count). The van der Waals surface area contributed by atoms with E-state index in [9.17, 15) is 9.90 Å². The fourth-order valence-electron chi connectivity index (χ4n) is 4.72. The molecule has 1 fully saturated rings. The Hall–Kier alpha value is -3.55. The monoisotopic (exact) mass is 419 g/mol. The van der Waals surface area contributed by atoms with Crippen LogP contribution >= 0.6 is 0 Å². The smallest absolute Gasteiger partial charge is 0.407 e. The number of aromatic nitrogens is 3. The maximum Gasteiger partial charge on any atom is 0.407 e. The van der Waals surface area contributed by atoms with Crippen molar-refractivity contribution >= 4 is 11.9 Å². The molecule has 1 spiro atoms. The lowest BCUT2D eigenvalue weighted by Gasteiger charge is -2.22. The molecule has 2 atom stereocenters. The summed E-state index contributed by atoms with van der Waals surface area (Å²) in [4.78, 5) is 17.2. The number of likely N-dealkylation sites (tertiary alicyclic amines) is 1. The average molecular weight is 419 g/mol. The quantitative estimate of drug-likeness (QED) is 0.668. The number of rotatable bonds is 4. The molecule has 0 bridgehead atoms. The molecule has 2 aromatic heterocycles. The predicted octanol–water partition coefficient (Wildman–Crippen LogP) is 3.69. The van der Waals surface area contributed by atoms with Crippen LogP contribution in [0.1, 0.15) is 37.1 Å². The van der Waals surface area contributed by atoms with E-state index in [1.165, 1.54) is 4.90 Å². The summed E-state index contributed by atoms with van der Waals surface area (Å²) in [5.74, 6) is 0.859. The van der Waals surface area contributed by atoms with E-state index < -0.39 is 6.09 Å². The summed E-state index contributed by atoms with van der Waals surface area (Å²) in [5, 5.41) is 14.1. The van der Waals surface area contributed by atoms with E-state index in [4.69, 9.17) is 15.6 Å². The number of hydrogen-bond donors (Lipinski definition) is 2. The van der Waals surface area contributed by atoms with Crippen LogP contribution in [0.5, 0.6) is 5.75 Å². The van der Waals surface area contributed by atoms with Crippen LogP contribution < -0.4 is 10.5 Å². The van der Waals surface area contributed by atoms with Crippen molar-refractivity contribution in [2.24, 2.45) is 0 Å². The Morgan fingerprint density at radius 3 is 2.74 bits per heavy atom. The van der Waals surface area contributed by atoms with Crippen LogP contribution in [0.25, 0.3) is 11.3 Å². The van der Waals surface area contributed by atoms with Gasteiger partial charge in [-0.2, -0.15) is 5.10 Å². The molecule has 0 radical (unpaired) electrons. The van der Waals surface area contributed by atoms with Crippen molar-refractivity contribution in [1.82, 2.24) is 19.7 Å². The van der Waals surface area contributed by atoms with Gasteiger partial charge in [-0.15, -0.1) is 0 Å². The second kappa shape index (κ2) is 7.30. The van der Waals surface area contributed by atoms with Gasteiger partial charge >= 0.3 is 6.09 Å². The first kappa shape index (κ1) is 19.4. The molecule has 8 nitrogen and oxygen atoms in total. The predicted molar refractivity (Wildman–Crippen MR) is 116 cm³/mol. The van der Waals surface area contributed by atoms with E-state index >= 15 is 0 Å². The Balaban J connectivity index is 1.42. The number of aryl methyl sites for hydroxylation is 1. The molecule has 1 aromatic carbocycles. The van der Waals surface area contributed by atoms with Crippen molar-refractivity contribution in [3.8, 4) is 17.0 Å². The largest absolute Gasteiger partial charge is 0.482 e. The zero-order chi connectivity index (χ0) is 21.6. The van der Waals surface area contributed by atoms with Crippen molar-refractivity contribution in [2.45, 2.75) is 37.8 Å². The van der Waals surface area contributed by atoms with E-state index in [0.717, 1.165) is 41.9 Å². The number of carboxylic acid groups (broad SMARTS) is 1. The maximum absolute atomic E-state index is 11.4. The average Bonchev–Trinajstić information content (AvgIpc) is 3.47. The molecule has 3 N–H and O–H groups in total. The number of hydrogen-bond acceptors (Lipinski definition) is 5. The van der Waals surface area contributed by atoms with Gasteiger partial charge in [-0.25, -0.2) is 9.78 Å². The van der Waals surface area contributed by atoms with E-state index in [2.05, 4.69) is 11.1 Å². The van der Waals surface area contributed by atoms with Gasteiger partial charge in [0, 0.05) is 42.5 Å². The van der Waals surface area contributed by atoms with Crippen LogP contribution in [-0.2, 0) is 12.0 Å². The minimum absolute atomic E-state index is 0.147. The van der Waals surface area contributed by atoms with Crippen molar-refractivity contribution in [1.29, 1.82) is 0 Å². The number of anilines is 1. The van der Waals surface area contributed by atoms with Gasteiger partial charge in [-0.1, -0.05) is 30.3 Å². The third-order valence-electron chi connectivity index (χ3n) is 6.50. The summed E-state index contributed by atoms with van der Waals surface area (Å²) in [6, 6.07) is 13.9. The van der Waals surface area contributed by atoms with Gasteiger partial charge in [0.05, 0.1) is 5.69 Å². The molecule has 0 saturated carbocycles. The fourth-order valence-corrected chi connectivity index (χ4v) is 4.72. The second-order valence-electron chi connectivity index (χ2n) is 8.40. The Labute approximate surface area is 180 Å². The first-order chi connectivity index (χ1) is 14.9. The summed E-state index contributed by atoms with van der Waals surface area (Å²) < 4.78 is 8.11. The number of nitrogens with two attached hydrogens (primary N) is 1. The second-order valence-corrected chi connectivity index (χ2v) is 8.40. The van der Waals surface area contributed by atoms with Crippen LogP contribution in [-0.4, -0.2) is 44.0 Å². The lowest BCUT2D eigenvalue weighted by molar-refractivity contribution is 0.153. The normalized spacial score (nSPS) is 20.7. The number of carbonyl (C=O) groups is 1.